The molecular weight excluding hydrogens is 248 g/mol. The molecule has 2 unspecified atom stereocenters. The summed E-state index contributed by atoms with van der Waals surface area (Å²) < 4.78 is 5.57. The molecule has 2 aliphatic heterocycles. The van der Waals surface area contributed by atoms with E-state index in [0.29, 0.717) is 11.0 Å². The lowest BCUT2D eigenvalue weighted by atomic mass is 9.80. The van der Waals surface area contributed by atoms with Gasteiger partial charge in [0.15, 0.2) is 0 Å². The van der Waals surface area contributed by atoms with E-state index in [-0.39, 0.29) is 0 Å². The summed E-state index contributed by atoms with van der Waals surface area (Å²) >= 11 is 0. The van der Waals surface area contributed by atoms with Gasteiger partial charge in [-0.05, 0) is 50.4 Å². The molecule has 0 spiro atoms. The molecule has 3 nitrogen and oxygen atoms in total. The fourth-order valence-electron chi connectivity index (χ4n) is 4.18. The van der Waals surface area contributed by atoms with Crippen molar-refractivity contribution in [1.29, 1.82) is 0 Å². The standard InChI is InChI=1S/C17H32N2O/c1-4-15-11-18-17(3,14-5-6-14)13-19(15)12-16(2)7-9-20-10-8-16/h14-15,18H,4-13H2,1-3H3. The van der Waals surface area contributed by atoms with E-state index in [1.807, 2.05) is 0 Å². The molecule has 0 aromatic heterocycles. The first kappa shape index (κ1) is 14.8. The molecule has 2 atom stereocenters. The number of nitrogens with one attached hydrogen (secondary N) is 1. The summed E-state index contributed by atoms with van der Waals surface area (Å²) in [7, 11) is 0. The van der Waals surface area contributed by atoms with Crippen LogP contribution in [0.2, 0.25) is 0 Å². The molecule has 1 saturated carbocycles. The van der Waals surface area contributed by atoms with Crippen LogP contribution in [0.1, 0.15) is 52.9 Å². The molecule has 1 N–H and O–H groups in total. The molecule has 0 aromatic rings. The number of hydrogen-bond acceptors (Lipinski definition) is 3. The van der Waals surface area contributed by atoms with Gasteiger partial charge < -0.3 is 10.1 Å². The molecule has 0 aromatic carbocycles. The number of hydrogen-bond donors (Lipinski definition) is 1. The van der Waals surface area contributed by atoms with Crippen molar-refractivity contribution in [3.05, 3.63) is 0 Å². The van der Waals surface area contributed by atoms with Gasteiger partial charge in [-0.3, -0.25) is 4.90 Å². The van der Waals surface area contributed by atoms with Crippen LogP contribution >= 0.6 is 0 Å². The molecule has 3 heteroatoms. The zero-order chi connectivity index (χ0) is 14.2. The Kier molecular flexibility index (Phi) is 4.13. The van der Waals surface area contributed by atoms with Crippen LogP contribution in [0.3, 0.4) is 0 Å². The van der Waals surface area contributed by atoms with Gasteiger partial charge in [-0.25, -0.2) is 0 Å². The topological polar surface area (TPSA) is 24.5 Å². The Bertz CT molecular complexity index is 336. The lowest BCUT2D eigenvalue weighted by Crippen LogP contribution is -2.65. The minimum Gasteiger partial charge on any atom is -0.381 e. The largest absolute Gasteiger partial charge is 0.381 e. The molecule has 0 amide bonds. The van der Waals surface area contributed by atoms with Crippen molar-refractivity contribution < 1.29 is 4.74 Å². The minimum atomic E-state index is 0.368. The number of rotatable bonds is 4. The van der Waals surface area contributed by atoms with Gasteiger partial charge in [0.05, 0.1) is 0 Å². The van der Waals surface area contributed by atoms with E-state index in [1.54, 1.807) is 0 Å². The molecule has 0 radical (unpaired) electrons. The molecule has 2 saturated heterocycles. The lowest BCUT2D eigenvalue weighted by Gasteiger charge is -2.50. The van der Waals surface area contributed by atoms with Gasteiger partial charge in [0.2, 0.25) is 0 Å². The number of nitrogens with zero attached hydrogens (tertiary/aromatic N) is 1. The molecule has 3 rings (SSSR count). The van der Waals surface area contributed by atoms with Crippen LogP contribution in [0.5, 0.6) is 0 Å². The zero-order valence-corrected chi connectivity index (χ0v) is 13.6. The Morgan fingerprint density at radius 2 is 1.90 bits per heavy atom. The van der Waals surface area contributed by atoms with E-state index in [9.17, 15) is 0 Å². The molecule has 0 bridgehead atoms. The average molecular weight is 280 g/mol. The van der Waals surface area contributed by atoms with Crippen LogP contribution in [0.15, 0.2) is 0 Å². The van der Waals surface area contributed by atoms with Crippen LogP contribution < -0.4 is 5.32 Å². The monoisotopic (exact) mass is 280 g/mol. The quantitative estimate of drug-likeness (QED) is 0.857. The van der Waals surface area contributed by atoms with Crippen molar-refractivity contribution in [2.24, 2.45) is 11.3 Å². The highest BCUT2D eigenvalue weighted by molar-refractivity contribution is 5.04. The third kappa shape index (κ3) is 3.05. The van der Waals surface area contributed by atoms with Crippen LogP contribution in [0.4, 0.5) is 0 Å². The van der Waals surface area contributed by atoms with Gasteiger partial charge in [0.1, 0.15) is 0 Å². The van der Waals surface area contributed by atoms with Crippen LogP contribution in [-0.2, 0) is 4.74 Å². The summed E-state index contributed by atoms with van der Waals surface area (Å²) in [5, 5.41) is 3.87. The predicted molar refractivity (Wildman–Crippen MR) is 82.9 cm³/mol. The summed E-state index contributed by atoms with van der Waals surface area (Å²) in [5.41, 5.74) is 0.834. The lowest BCUT2D eigenvalue weighted by molar-refractivity contribution is -0.0211. The van der Waals surface area contributed by atoms with Crippen molar-refractivity contribution >= 4 is 0 Å². The van der Waals surface area contributed by atoms with Gasteiger partial charge in [-0.1, -0.05) is 13.8 Å². The Morgan fingerprint density at radius 1 is 1.20 bits per heavy atom. The first-order chi connectivity index (χ1) is 9.55. The minimum absolute atomic E-state index is 0.368. The summed E-state index contributed by atoms with van der Waals surface area (Å²) in [6.45, 7) is 12.9. The number of piperazine rings is 1. The third-order valence-electron chi connectivity index (χ3n) is 6.02. The number of ether oxygens (including phenoxy) is 1. The summed E-state index contributed by atoms with van der Waals surface area (Å²) in [6, 6.07) is 0.724. The second kappa shape index (κ2) is 5.58. The Morgan fingerprint density at radius 3 is 2.50 bits per heavy atom. The zero-order valence-electron chi connectivity index (χ0n) is 13.6. The first-order valence-electron chi connectivity index (χ1n) is 8.61. The SMILES string of the molecule is CCC1CNC(C)(C2CC2)CN1CC1(C)CCOCC1. The van der Waals surface area contributed by atoms with Crippen LogP contribution in [-0.4, -0.2) is 49.3 Å². The van der Waals surface area contributed by atoms with Crippen LogP contribution in [0, 0.1) is 11.3 Å². The van der Waals surface area contributed by atoms with E-state index >= 15 is 0 Å². The fraction of sp³-hybridized carbons (Fsp3) is 1.00. The van der Waals surface area contributed by atoms with Gasteiger partial charge >= 0.3 is 0 Å². The van der Waals surface area contributed by atoms with Gasteiger partial charge in [-0.2, -0.15) is 0 Å². The van der Waals surface area contributed by atoms with Crippen molar-refractivity contribution in [3.8, 4) is 0 Å². The molecule has 3 fully saturated rings. The molecule has 3 aliphatic rings. The molecule has 20 heavy (non-hydrogen) atoms. The summed E-state index contributed by atoms with van der Waals surface area (Å²) in [6.07, 6.45) is 6.58. The molecule has 2 heterocycles. The maximum Gasteiger partial charge on any atom is 0.0471 e. The highest BCUT2D eigenvalue weighted by Gasteiger charge is 2.46. The second-order valence-electron chi connectivity index (χ2n) is 7.96. The second-order valence-corrected chi connectivity index (χ2v) is 7.96. The van der Waals surface area contributed by atoms with Gasteiger partial charge in [0.25, 0.3) is 0 Å². The Labute approximate surface area is 124 Å². The van der Waals surface area contributed by atoms with Crippen LogP contribution in [0.25, 0.3) is 0 Å². The van der Waals surface area contributed by atoms with Gasteiger partial charge in [0, 0.05) is 44.4 Å². The van der Waals surface area contributed by atoms with E-state index in [4.69, 9.17) is 4.74 Å². The maximum atomic E-state index is 5.57. The van der Waals surface area contributed by atoms with E-state index < -0.39 is 0 Å². The van der Waals surface area contributed by atoms with Gasteiger partial charge in [-0.15, -0.1) is 0 Å². The van der Waals surface area contributed by atoms with E-state index in [1.165, 1.54) is 51.7 Å². The normalized spacial score (nSPS) is 38.9. The average Bonchev–Trinajstić information content (AvgIpc) is 3.24. The molecule has 116 valence electrons. The van der Waals surface area contributed by atoms with Crippen molar-refractivity contribution in [2.45, 2.75) is 64.5 Å². The highest BCUT2D eigenvalue weighted by Crippen LogP contribution is 2.42. The van der Waals surface area contributed by atoms with Crippen molar-refractivity contribution in [2.75, 3.05) is 32.8 Å². The summed E-state index contributed by atoms with van der Waals surface area (Å²) in [5.74, 6) is 0.922. The Hall–Kier alpha value is -0.120. The third-order valence-corrected chi connectivity index (χ3v) is 6.02. The molecule has 1 aliphatic carbocycles. The van der Waals surface area contributed by atoms with Crippen molar-refractivity contribution in [1.82, 2.24) is 10.2 Å². The highest BCUT2D eigenvalue weighted by atomic mass is 16.5. The summed E-state index contributed by atoms with van der Waals surface area (Å²) in [4.78, 5) is 2.81. The first-order valence-corrected chi connectivity index (χ1v) is 8.61. The molecular formula is C17H32N2O. The van der Waals surface area contributed by atoms with Crippen molar-refractivity contribution in [3.63, 3.8) is 0 Å². The Balaban J connectivity index is 1.67. The maximum absolute atomic E-state index is 5.57. The smallest absolute Gasteiger partial charge is 0.0471 e. The fourth-order valence-corrected chi connectivity index (χ4v) is 4.18. The van der Waals surface area contributed by atoms with E-state index in [2.05, 4.69) is 31.0 Å². The predicted octanol–water partition coefficient (Wildman–Crippen LogP) is 2.66. The van der Waals surface area contributed by atoms with E-state index in [0.717, 1.165) is 25.2 Å².